The van der Waals surface area contributed by atoms with Crippen molar-refractivity contribution >= 4 is 11.7 Å². The Morgan fingerprint density at radius 3 is 2.90 bits per heavy atom. The van der Waals surface area contributed by atoms with Gasteiger partial charge in [0.2, 0.25) is 0 Å². The van der Waals surface area contributed by atoms with Crippen LogP contribution in [0.4, 0.5) is 10.2 Å². The minimum absolute atomic E-state index is 0.0803. The van der Waals surface area contributed by atoms with Gasteiger partial charge in [-0.1, -0.05) is 12.1 Å². The molecule has 160 valence electrons. The zero-order valence-corrected chi connectivity index (χ0v) is 17.3. The summed E-state index contributed by atoms with van der Waals surface area (Å²) in [6, 6.07) is 11.8. The second-order valence-electron chi connectivity index (χ2n) is 7.39. The van der Waals surface area contributed by atoms with Crippen LogP contribution in [-0.4, -0.2) is 52.5 Å². The molecule has 1 fully saturated rings. The molecule has 0 unspecified atom stereocenters. The number of nitrogens with one attached hydrogen (secondary N) is 1. The van der Waals surface area contributed by atoms with Crippen molar-refractivity contribution in [2.75, 3.05) is 32.1 Å². The molecule has 7 nitrogen and oxygen atoms in total. The second kappa shape index (κ2) is 9.51. The molecule has 31 heavy (non-hydrogen) atoms. The molecule has 4 rings (SSSR count). The molecule has 0 saturated carbocycles. The van der Waals surface area contributed by atoms with E-state index in [2.05, 4.69) is 15.3 Å². The third-order valence-corrected chi connectivity index (χ3v) is 5.30. The number of carbonyl (C=O) groups excluding carboxylic acids is 1. The van der Waals surface area contributed by atoms with E-state index in [0.29, 0.717) is 18.9 Å². The van der Waals surface area contributed by atoms with Crippen molar-refractivity contribution < 1.29 is 13.9 Å². The number of pyridine rings is 1. The number of hydrogen-bond donors (Lipinski definition) is 1. The number of hydrogen-bond acceptors (Lipinski definition) is 6. The Bertz CT molecular complexity index is 1050. The molecule has 8 heteroatoms. The van der Waals surface area contributed by atoms with E-state index in [0.717, 1.165) is 29.9 Å². The highest BCUT2D eigenvalue weighted by Gasteiger charge is 2.27. The molecule has 1 N–H and O–H groups in total. The number of aromatic nitrogens is 3. The summed E-state index contributed by atoms with van der Waals surface area (Å²) in [6.45, 7) is 0.988. The average Bonchev–Trinajstić information content (AvgIpc) is 2.83. The summed E-state index contributed by atoms with van der Waals surface area (Å²) < 4.78 is 19.1. The molecule has 0 radical (unpaired) electrons. The minimum atomic E-state index is -0.477. The quantitative estimate of drug-likeness (QED) is 0.656. The van der Waals surface area contributed by atoms with Crippen molar-refractivity contribution in [3.63, 3.8) is 0 Å². The Balaban J connectivity index is 1.48. The Hall–Kier alpha value is -3.55. The SMILES string of the molecule is CNc1cc([C@H]2CCCN(C(=O)COc3ccccc3F)C2)nc(-c2cccnc2)n1. The van der Waals surface area contributed by atoms with Gasteiger partial charge in [-0.25, -0.2) is 14.4 Å². The van der Waals surface area contributed by atoms with E-state index in [4.69, 9.17) is 9.72 Å². The number of para-hydroxylation sites is 1. The van der Waals surface area contributed by atoms with Gasteiger partial charge in [-0.2, -0.15) is 0 Å². The lowest BCUT2D eigenvalue weighted by Gasteiger charge is -2.32. The molecule has 1 saturated heterocycles. The summed E-state index contributed by atoms with van der Waals surface area (Å²) in [7, 11) is 1.82. The lowest BCUT2D eigenvalue weighted by Crippen LogP contribution is -2.41. The molecule has 1 atom stereocenters. The van der Waals surface area contributed by atoms with Gasteiger partial charge >= 0.3 is 0 Å². The smallest absolute Gasteiger partial charge is 0.260 e. The molecule has 3 heterocycles. The maximum atomic E-state index is 13.7. The third kappa shape index (κ3) is 4.96. The number of piperidine rings is 1. The van der Waals surface area contributed by atoms with Gasteiger partial charge in [-0.3, -0.25) is 9.78 Å². The van der Waals surface area contributed by atoms with Gasteiger partial charge in [-0.15, -0.1) is 0 Å². The Kier molecular flexibility index (Phi) is 6.35. The molecule has 1 aromatic carbocycles. The molecule has 1 amide bonds. The lowest BCUT2D eigenvalue weighted by atomic mass is 9.94. The number of amides is 1. The van der Waals surface area contributed by atoms with Crippen LogP contribution < -0.4 is 10.1 Å². The third-order valence-electron chi connectivity index (χ3n) is 5.30. The maximum Gasteiger partial charge on any atom is 0.260 e. The fourth-order valence-corrected chi connectivity index (χ4v) is 3.66. The highest BCUT2D eigenvalue weighted by molar-refractivity contribution is 5.78. The second-order valence-corrected chi connectivity index (χ2v) is 7.39. The largest absolute Gasteiger partial charge is 0.481 e. The zero-order valence-electron chi connectivity index (χ0n) is 17.3. The van der Waals surface area contributed by atoms with Crippen molar-refractivity contribution in [2.45, 2.75) is 18.8 Å². The van der Waals surface area contributed by atoms with E-state index < -0.39 is 5.82 Å². The van der Waals surface area contributed by atoms with Crippen LogP contribution in [-0.2, 0) is 4.79 Å². The van der Waals surface area contributed by atoms with E-state index in [1.807, 2.05) is 25.2 Å². The number of carbonyl (C=O) groups is 1. The Morgan fingerprint density at radius 2 is 2.13 bits per heavy atom. The van der Waals surface area contributed by atoms with Crippen LogP contribution in [0.3, 0.4) is 0 Å². The van der Waals surface area contributed by atoms with Crippen molar-refractivity contribution in [3.05, 3.63) is 66.4 Å². The predicted octanol–water partition coefficient (Wildman–Crippen LogP) is 3.50. The first kappa shape index (κ1) is 20.7. The summed E-state index contributed by atoms with van der Waals surface area (Å²) in [4.78, 5) is 27.9. The fraction of sp³-hybridized carbons (Fsp3) is 0.304. The van der Waals surface area contributed by atoms with Crippen LogP contribution >= 0.6 is 0 Å². The molecule has 1 aliphatic rings. The first-order valence-corrected chi connectivity index (χ1v) is 10.3. The summed E-state index contributed by atoms with van der Waals surface area (Å²) >= 11 is 0. The minimum Gasteiger partial charge on any atom is -0.481 e. The van der Waals surface area contributed by atoms with E-state index in [1.165, 1.54) is 12.1 Å². The van der Waals surface area contributed by atoms with E-state index in [-0.39, 0.29) is 24.2 Å². The average molecular weight is 421 g/mol. The Labute approximate surface area is 180 Å². The van der Waals surface area contributed by atoms with Crippen LogP contribution in [0.2, 0.25) is 0 Å². The van der Waals surface area contributed by atoms with Crippen LogP contribution in [0.15, 0.2) is 54.9 Å². The predicted molar refractivity (Wildman–Crippen MR) is 115 cm³/mol. The molecule has 0 spiro atoms. The summed E-state index contributed by atoms with van der Waals surface area (Å²) in [5.74, 6) is 0.840. The highest BCUT2D eigenvalue weighted by atomic mass is 19.1. The van der Waals surface area contributed by atoms with Crippen LogP contribution in [0.1, 0.15) is 24.5 Å². The first-order chi connectivity index (χ1) is 15.1. The topological polar surface area (TPSA) is 80.2 Å². The van der Waals surface area contributed by atoms with E-state index >= 15 is 0 Å². The van der Waals surface area contributed by atoms with Crippen molar-refractivity contribution in [1.82, 2.24) is 19.9 Å². The number of halogens is 1. The highest BCUT2D eigenvalue weighted by Crippen LogP contribution is 2.29. The molecule has 1 aliphatic heterocycles. The van der Waals surface area contributed by atoms with Gasteiger partial charge in [-0.05, 0) is 37.1 Å². The van der Waals surface area contributed by atoms with Crippen molar-refractivity contribution in [1.29, 1.82) is 0 Å². The molecule has 3 aromatic rings. The monoisotopic (exact) mass is 421 g/mol. The van der Waals surface area contributed by atoms with Gasteiger partial charge < -0.3 is 15.0 Å². The maximum absolute atomic E-state index is 13.7. The number of anilines is 1. The summed E-state index contributed by atoms with van der Waals surface area (Å²) in [6.07, 6.45) is 5.22. The summed E-state index contributed by atoms with van der Waals surface area (Å²) in [5, 5.41) is 3.09. The van der Waals surface area contributed by atoms with Gasteiger partial charge in [0, 0.05) is 50.1 Å². The van der Waals surface area contributed by atoms with Gasteiger partial charge in [0.05, 0.1) is 5.69 Å². The fourth-order valence-electron chi connectivity index (χ4n) is 3.66. The van der Waals surface area contributed by atoms with Crippen molar-refractivity contribution in [3.8, 4) is 17.1 Å². The molecule has 0 bridgehead atoms. The Morgan fingerprint density at radius 1 is 1.26 bits per heavy atom. The standard InChI is InChI=1S/C23H24FN5O2/c1-25-21-12-19(27-23(28-21)16-6-4-10-26-13-16)17-7-5-11-29(14-17)22(30)15-31-20-9-3-2-8-18(20)24/h2-4,6,8-10,12-13,17H,5,7,11,14-15H2,1H3,(H,25,27,28)/t17-/m0/s1. The molecular weight excluding hydrogens is 397 g/mol. The van der Waals surface area contributed by atoms with E-state index in [1.54, 1.807) is 29.4 Å². The van der Waals surface area contributed by atoms with Gasteiger partial charge in [0.25, 0.3) is 5.91 Å². The number of likely N-dealkylation sites (tertiary alicyclic amines) is 1. The van der Waals surface area contributed by atoms with Gasteiger partial charge in [0.1, 0.15) is 5.82 Å². The van der Waals surface area contributed by atoms with E-state index in [9.17, 15) is 9.18 Å². The zero-order chi connectivity index (χ0) is 21.6. The van der Waals surface area contributed by atoms with Crippen LogP contribution in [0.5, 0.6) is 5.75 Å². The van der Waals surface area contributed by atoms with Crippen molar-refractivity contribution in [2.24, 2.45) is 0 Å². The van der Waals surface area contributed by atoms with Crippen LogP contribution in [0, 0.1) is 5.82 Å². The summed E-state index contributed by atoms with van der Waals surface area (Å²) in [5.41, 5.74) is 1.72. The number of benzene rings is 1. The normalized spacial score (nSPS) is 16.1. The number of nitrogens with zero attached hydrogens (tertiary/aromatic N) is 4. The molecule has 0 aliphatic carbocycles. The number of ether oxygens (including phenoxy) is 1. The number of rotatable bonds is 6. The lowest BCUT2D eigenvalue weighted by molar-refractivity contribution is -0.134. The first-order valence-electron chi connectivity index (χ1n) is 10.3. The molecule has 2 aromatic heterocycles. The van der Waals surface area contributed by atoms with Crippen LogP contribution in [0.25, 0.3) is 11.4 Å². The molecular formula is C23H24FN5O2. The van der Waals surface area contributed by atoms with Gasteiger partial charge in [0.15, 0.2) is 24.0 Å².